The number of aryl methyl sites for hydroxylation is 1. The quantitative estimate of drug-likeness (QED) is 0.670. The fourth-order valence-corrected chi connectivity index (χ4v) is 1.88. The van der Waals surface area contributed by atoms with Gasteiger partial charge in [0.2, 0.25) is 0 Å². The minimum absolute atomic E-state index is 0.110. The summed E-state index contributed by atoms with van der Waals surface area (Å²) in [5.41, 5.74) is 1.49. The number of hydrogen-bond acceptors (Lipinski definition) is 3. The fourth-order valence-electron chi connectivity index (χ4n) is 1.88. The molecule has 0 aromatic carbocycles. The van der Waals surface area contributed by atoms with Crippen molar-refractivity contribution in [3.63, 3.8) is 0 Å². The van der Waals surface area contributed by atoms with E-state index in [1.807, 2.05) is 6.07 Å². The van der Waals surface area contributed by atoms with E-state index >= 15 is 0 Å². The Morgan fingerprint density at radius 3 is 3.16 bits per heavy atom. The third-order valence-corrected chi connectivity index (χ3v) is 3.18. The Hall–Kier alpha value is -1.36. The zero-order chi connectivity index (χ0) is 13.5. The van der Waals surface area contributed by atoms with Crippen LogP contribution in [0.25, 0.3) is 0 Å². The van der Waals surface area contributed by atoms with Gasteiger partial charge in [-0.15, -0.1) is 0 Å². The van der Waals surface area contributed by atoms with Crippen LogP contribution in [0.1, 0.15) is 48.8 Å². The molecule has 2 rings (SSSR count). The molecule has 0 aliphatic heterocycles. The first-order valence-electron chi connectivity index (χ1n) is 7.19. The molecule has 1 aromatic heterocycles. The lowest BCUT2D eigenvalue weighted by atomic mass is 10.2. The Balaban J connectivity index is 1.57. The first kappa shape index (κ1) is 14.1. The summed E-state index contributed by atoms with van der Waals surface area (Å²) in [6.07, 6.45) is 5.45. The average Bonchev–Trinajstić information content (AvgIpc) is 3.11. The van der Waals surface area contributed by atoms with Gasteiger partial charge in [0.1, 0.15) is 5.69 Å². The largest absolute Gasteiger partial charge is 0.381 e. The summed E-state index contributed by atoms with van der Waals surface area (Å²) in [4.78, 5) is 11.8. The van der Waals surface area contributed by atoms with E-state index < -0.39 is 0 Å². The molecule has 0 atom stereocenters. The molecule has 2 N–H and O–H groups in total. The minimum Gasteiger partial charge on any atom is -0.381 e. The minimum atomic E-state index is -0.110. The highest BCUT2D eigenvalue weighted by Crippen LogP contribution is 2.28. The summed E-state index contributed by atoms with van der Waals surface area (Å²) in [7, 11) is 0. The number of carbonyl (C=O) groups excluding carboxylic acids is 1. The second kappa shape index (κ2) is 7.28. The van der Waals surface area contributed by atoms with Crippen LogP contribution in [0.3, 0.4) is 0 Å². The van der Waals surface area contributed by atoms with Crippen LogP contribution in [-0.4, -0.2) is 35.9 Å². The number of hydrogen-bond donors (Lipinski definition) is 2. The van der Waals surface area contributed by atoms with Gasteiger partial charge in [-0.2, -0.15) is 5.10 Å². The predicted molar refractivity (Wildman–Crippen MR) is 73.1 cm³/mol. The average molecular weight is 265 g/mol. The summed E-state index contributed by atoms with van der Waals surface area (Å²) in [6.45, 7) is 4.34. The van der Waals surface area contributed by atoms with Gasteiger partial charge in [0.05, 0.1) is 0 Å². The number of aromatic amines is 1. The van der Waals surface area contributed by atoms with E-state index in [-0.39, 0.29) is 5.91 Å². The normalized spacial score (nSPS) is 14.6. The number of nitrogens with zero attached hydrogens (tertiary/aromatic N) is 1. The molecule has 19 heavy (non-hydrogen) atoms. The first-order chi connectivity index (χ1) is 9.29. The van der Waals surface area contributed by atoms with E-state index in [1.165, 1.54) is 12.8 Å². The number of nitrogens with one attached hydrogen (secondary N) is 2. The lowest BCUT2D eigenvalue weighted by molar-refractivity contribution is 0.0932. The first-order valence-corrected chi connectivity index (χ1v) is 7.19. The number of ether oxygens (including phenoxy) is 1. The van der Waals surface area contributed by atoms with Crippen LogP contribution in [0.5, 0.6) is 0 Å². The highest BCUT2D eigenvalue weighted by atomic mass is 16.5. The molecule has 0 spiro atoms. The molecule has 5 heteroatoms. The second-order valence-electron chi connectivity index (χ2n) is 5.16. The van der Waals surface area contributed by atoms with Crippen LogP contribution in [0.15, 0.2) is 6.07 Å². The van der Waals surface area contributed by atoms with Crippen LogP contribution in [-0.2, 0) is 11.2 Å². The summed E-state index contributed by atoms with van der Waals surface area (Å²) < 4.78 is 5.51. The number of aromatic nitrogens is 2. The Labute approximate surface area is 114 Å². The van der Waals surface area contributed by atoms with Crippen molar-refractivity contribution in [3.8, 4) is 0 Å². The van der Waals surface area contributed by atoms with Crippen molar-refractivity contribution in [2.24, 2.45) is 5.92 Å². The third-order valence-electron chi connectivity index (χ3n) is 3.18. The molecule has 1 amide bonds. The fraction of sp³-hybridized carbons (Fsp3) is 0.714. The molecular formula is C14H23N3O2. The number of carbonyl (C=O) groups is 1. The molecule has 1 aromatic rings. The van der Waals surface area contributed by atoms with Crippen LogP contribution < -0.4 is 5.32 Å². The molecule has 106 valence electrons. The summed E-state index contributed by atoms with van der Waals surface area (Å²) in [6, 6.07) is 1.82. The Morgan fingerprint density at radius 2 is 2.42 bits per heavy atom. The highest BCUT2D eigenvalue weighted by Gasteiger charge is 2.20. The molecule has 0 unspecified atom stereocenters. The molecule has 0 radical (unpaired) electrons. The zero-order valence-electron chi connectivity index (χ0n) is 11.6. The van der Waals surface area contributed by atoms with Gasteiger partial charge in [-0.25, -0.2) is 0 Å². The van der Waals surface area contributed by atoms with Crippen molar-refractivity contribution < 1.29 is 9.53 Å². The van der Waals surface area contributed by atoms with Gasteiger partial charge >= 0.3 is 0 Å². The monoisotopic (exact) mass is 265 g/mol. The van der Waals surface area contributed by atoms with Gasteiger partial charge in [-0.3, -0.25) is 9.89 Å². The predicted octanol–water partition coefficient (Wildman–Crippen LogP) is 1.91. The van der Waals surface area contributed by atoms with Crippen molar-refractivity contribution in [2.45, 2.75) is 39.0 Å². The molecule has 0 saturated heterocycles. The third kappa shape index (κ3) is 5.03. The van der Waals surface area contributed by atoms with Crippen molar-refractivity contribution >= 4 is 5.91 Å². The van der Waals surface area contributed by atoms with Gasteiger partial charge in [0.25, 0.3) is 5.91 Å². The topological polar surface area (TPSA) is 67.0 Å². The lowest BCUT2D eigenvalue weighted by Crippen LogP contribution is -2.25. The van der Waals surface area contributed by atoms with Gasteiger partial charge in [0, 0.05) is 25.5 Å². The van der Waals surface area contributed by atoms with Gasteiger partial charge in [-0.05, 0) is 37.7 Å². The van der Waals surface area contributed by atoms with Crippen LogP contribution in [0, 0.1) is 5.92 Å². The summed E-state index contributed by atoms with van der Waals surface area (Å²) in [5.74, 6) is 0.691. The van der Waals surface area contributed by atoms with E-state index in [0.717, 1.165) is 44.1 Å². The molecule has 0 bridgehead atoms. The van der Waals surface area contributed by atoms with E-state index in [9.17, 15) is 4.79 Å². The Morgan fingerprint density at radius 1 is 1.58 bits per heavy atom. The number of amides is 1. The molecule has 1 saturated carbocycles. The Bertz CT molecular complexity index is 399. The van der Waals surface area contributed by atoms with Gasteiger partial charge < -0.3 is 10.1 Å². The smallest absolute Gasteiger partial charge is 0.271 e. The van der Waals surface area contributed by atoms with Crippen LogP contribution >= 0.6 is 0 Å². The van der Waals surface area contributed by atoms with E-state index in [2.05, 4.69) is 22.4 Å². The van der Waals surface area contributed by atoms with E-state index in [0.29, 0.717) is 12.2 Å². The van der Waals surface area contributed by atoms with Crippen molar-refractivity contribution in [1.82, 2.24) is 15.5 Å². The number of rotatable bonds is 9. The zero-order valence-corrected chi connectivity index (χ0v) is 11.6. The maximum atomic E-state index is 11.8. The van der Waals surface area contributed by atoms with E-state index in [1.54, 1.807) is 0 Å². The summed E-state index contributed by atoms with van der Waals surface area (Å²) >= 11 is 0. The molecule has 5 nitrogen and oxygen atoms in total. The Kier molecular flexibility index (Phi) is 5.39. The van der Waals surface area contributed by atoms with Crippen molar-refractivity contribution in [1.29, 1.82) is 0 Å². The maximum absolute atomic E-state index is 11.8. The lowest BCUT2D eigenvalue weighted by Gasteiger charge is -2.04. The number of H-pyrrole nitrogens is 1. The van der Waals surface area contributed by atoms with Gasteiger partial charge in [-0.1, -0.05) is 13.3 Å². The highest BCUT2D eigenvalue weighted by molar-refractivity contribution is 5.92. The molecule has 1 aliphatic rings. The molecule has 1 aliphatic carbocycles. The van der Waals surface area contributed by atoms with Gasteiger partial charge in [0.15, 0.2) is 0 Å². The van der Waals surface area contributed by atoms with E-state index in [4.69, 9.17) is 4.74 Å². The van der Waals surface area contributed by atoms with Crippen LogP contribution in [0.4, 0.5) is 0 Å². The standard InChI is InChI=1S/C14H23N3O2/c1-2-4-12-9-13(17-16-12)14(18)15-7-3-8-19-10-11-5-6-11/h9,11H,2-8,10H2,1H3,(H,15,18)(H,16,17). The SMILES string of the molecule is CCCc1cc(C(=O)NCCCOCC2CC2)n[nH]1. The molecule has 1 fully saturated rings. The van der Waals surface area contributed by atoms with Crippen LogP contribution in [0.2, 0.25) is 0 Å². The second-order valence-corrected chi connectivity index (χ2v) is 5.16. The molecular weight excluding hydrogens is 242 g/mol. The maximum Gasteiger partial charge on any atom is 0.271 e. The van der Waals surface area contributed by atoms with Crippen molar-refractivity contribution in [3.05, 3.63) is 17.5 Å². The summed E-state index contributed by atoms with van der Waals surface area (Å²) in [5, 5.41) is 9.75. The van der Waals surface area contributed by atoms with Crippen molar-refractivity contribution in [2.75, 3.05) is 19.8 Å². The molecule has 1 heterocycles.